The molecular weight excluding hydrogens is 266 g/mol. The van der Waals surface area contributed by atoms with Gasteiger partial charge >= 0.3 is 0 Å². The Hall–Kier alpha value is -0.870. The molecule has 0 saturated carbocycles. The molecular formula is C13H16ClN3S. The van der Waals surface area contributed by atoms with E-state index in [4.69, 9.17) is 11.6 Å². The zero-order valence-corrected chi connectivity index (χ0v) is 11.8. The predicted molar refractivity (Wildman–Crippen MR) is 77.7 cm³/mol. The summed E-state index contributed by atoms with van der Waals surface area (Å²) >= 11 is 7.81. The predicted octanol–water partition coefficient (Wildman–Crippen LogP) is 3.68. The van der Waals surface area contributed by atoms with E-state index in [1.807, 2.05) is 0 Å². The van der Waals surface area contributed by atoms with Crippen molar-refractivity contribution in [2.45, 2.75) is 31.7 Å². The maximum absolute atomic E-state index is 6.14. The van der Waals surface area contributed by atoms with Gasteiger partial charge in [-0.2, -0.15) is 0 Å². The number of aromatic nitrogens is 2. The van der Waals surface area contributed by atoms with Crippen LogP contribution in [0, 0.1) is 0 Å². The van der Waals surface area contributed by atoms with E-state index >= 15 is 0 Å². The summed E-state index contributed by atoms with van der Waals surface area (Å²) in [7, 11) is 0. The van der Waals surface area contributed by atoms with Crippen LogP contribution < -0.4 is 4.90 Å². The number of rotatable bonds is 2. The summed E-state index contributed by atoms with van der Waals surface area (Å²) in [5.41, 5.74) is 0. The van der Waals surface area contributed by atoms with Gasteiger partial charge in [-0.1, -0.05) is 12.8 Å². The number of hydrogen-bond donors (Lipinski definition) is 0. The second kappa shape index (κ2) is 5.41. The molecule has 1 fully saturated rings. The molecule has 0 N–H and O–H groups in total. The van der Waals surface area contributed by atoms with E-state index in [1.165, 1.54) is 31.1 Å². The van der Waals surface area contributed by atoms with Crippen LogP contribution in [-0.4, -0.2) is 28.4 Å². The van der Waals surface area contributed by atoms with Gasteiger partial charge < -0.3 is 4.90 Å². The van der Waals surface area contributed by atoms with Gasteiger partial charge in [-0.15, -0.1) is 22.9 Å². The van der Waals surface area contributed by atoms with Gasteiger partial charge in [0.2, 0.25) is 0 Å². The van der Waals surface area contributed by atoms with Gasteiger partial charge in [0.15, 0.2) is 0 Å². The van der Waals surface area contributed by atoms with Crippen molar-refractivity contribution < 1.29 is 0 Å². The fraction of sp³-hybridized carbons (Fsp3) is 0.538. The van der Waals surface area contributed by atoms with E-state index < -0.39 is 0 Å². The van der Waals surface area contributed by atoms with Crippen molar-refractivity contribution >= 4 is 39.0 Å². The van der Waals surface area contributed by atoms with Crippen molar-refractivity contribution in [3.63, 3.8) is 0 Å². The van der Waals surface area contributed by atoms with Crippen LogP contribution in [0.1, 0.15) is 25.7 Å². The zero-order valence-electron chi connectivity index (χ0n) is 10.2. The number of alkyl halides is 1. The van der Waals surface area contributed by atoms with Gasteiger partial charge in [-0.25, -0.2) is 9.97 Å². The highest BCUT2D eigenvalue weighted by molar-refractivity contribution is 7.16. The molecule has 0 bridgehead atoms. The largest absolute Gasteiger partial charge is 0.352 e. The molecule has 0 aliphatic carbocycles. The molecule has 96 valence electrons. The Morgan fingerprint density at radius 1 is 1.33 bits per heavy atom. The number of anilines is 1. The summed E-state index contributed by atoms with van der Waals surface area (Å²) < 4.78 is 0. The Balaban J connectivity index is 2.02. The van der Waals surface area contributed by atoms with Gasteiger partial charge in [0.1, 0.15) is 17.0 Å². The fourth-order valence-corrected chi connectivity index (χ4v) is 3.67. The second-order valence-corrected chi connectivity index (χ2v) is 5.89. The lowest BCUT2D eigenvalue weighted by Gasteiger charge is -2.30. The summed E-state index contributed by atoms with van der Waals surface area (Å²) in [5.74, 6) is 1.74. The molecule has 1 atom stereocenters. The normalized spacial score (nSPS) is 21.2. The van der Waals surface area contributed by atoms with Crippen LogP contribution in [0.3, 0.4) is 0 Å². The Morgan fingerprint density at radius 2 is 2.28 bits per heavy atom. The van der Waals surface area contributed by atoms with Gasteiger partial charge in [0, 0.05) is 18.5 Å². The Labute approximate surface area is 116 Å². The van der Waals surface area contributed by atoms with E-state index in [-0.39, 0.29) is 0 Å². The third-order valence-electron chi connectivity index (χ3n) is 3.57. The minimum absolute atomic E-state index is 0.409. The third-order valence-corrected chi connectivity index (χ3v) is 4.74. The monoisotopic (exact) mass is 281 g/mol. The minimum atomic E-state index is 0.409. The van der Waals surface area contributed by atoms with Crippen molar-refractivity contribution in [2.24, 2.45) is 0 Å². The van der Waals surface area contributed by atoms with Gasteiger partial charge in [0.25, 0.3) is 0 Å². The highest BCUT2D eigenvalue weighted by Gasteiger charge is 2.23. The first-order chi connectivity index (χ1) is 8.90. The van der Waals surface area contributed by atoms with Crippen LogP contribution in [-0.2, 0) is 0 Å². The molecule has 0 aromatic carbocycles. The van der Waals surface area contributed by atoms with Crippen LogP contribution in [0.25, 0.3) is 10.2 Å². The van der Waals surface area contributed by atoms with Crippen LogP contribution in [0.5, 0.6) is 0 Å². The first-order valence-electron chi connectivity index (χ1n) is 6.41. The number of fused-ring (bicyclic) bond motifs is 1. The molecule has 1 aliphatic heterocycles. The molecule has 0 spiro atoms. The minimum Gasteiger partial charge on any atom is -0.352 e. The number of hydrogen-bond acceptors (Lipinski definition) is 4. The molecule has 3 nitrogen and oxygen atoms in total. The summed E-state index contributed by atoms with van der Waals surface area (Å²) in [6.07, 6.45) is 6.63. The smallest absolute Gasteiger partial charge is 0.141 e. The van der Waals surface area contributed by atoms with Crippen molar-refractivity contribution in [1.29, 1.82) is 0 Å². The number of nitrogens with zero attached hydrogens (tertiary/aromatic N) is 3. The van der Waals surface area contributed by atoms with E-state index in [9.17, 15) is 0 Å². The van der Waals surface area contributed by atoms with Crippen LogP contribution in [0.15, 0.2) is 17.8 Å². The summed E-state index contributed by atoms with van der Waals surface area (Å²) in [6, 6.07) is 2.53. The lowest BCUT2D eigenvalue weighted by Crippen LogP contribution is -2.36. The molecule has 3 rings (SSSR count). The van der Waals surface area contributed by atoms with E-state index in [0.717, 1.165) is 17.2 Å². The Bertz CT molecular complexity index is 528. The van der Waals surface area contributed by atoms with E-state index in [1.54, 1.807) is 17.7 Å². The Morgan fingerprint density at radius 3 is 3.17 bits per heavy atom. The zero-order chi connectivity index (χ0) is 12.4. The van der Waals surface area contributed by atoms with Crippen LogP contribution in [0.4, 0.5) is 5.82 Å². The molecule has 2 aromatic heterocycles. The average molecular weight is 282 g/mol. The van der Waals surface area contributed by atoms with Crippen LogP contribution >= 0.6 is 22.9 Å². The number of thiophene rings is 1. The lowest BCUT2D eigenvalue weighted by atomic mass is 10.1. The highest BCUT2D eigenvalue weighted by Crippen LogP contribution is 2.30. The molecule has 1 unspecified atom stereocenters. The third kappa shape index (κ3) is 2.19. The van der Waals surface area contributed by atoms with Gasteiger partial charge in [0.05, 0.1) is 5.39 Å². The first-order valence-corrected chi connectivity index (χ1v) is 7.82. The second-order valence-electron chi connectivity index (χ2n) is 4.69. The van der Waals surface area contributed by atoms with Crippen molar-refractivity contribution in [3.8, 4) is 0 Å². The summed E-state index contributed by atoms with van der Waals surface area (Å²) in [4.78, 5) is 12.3. The standard InChI is InChI=1S/C13H16ClN3S/c14-8-10-4-2-1-3-6-17(10)12-11-5-7-18-13(11)16-9-15-12/h5,7,9-10H,1-4,6,8H2. The molecule has 3 heterocycles. The van der Waals surface area contributed by atoms with Gasteiger partial charge in [-0.3, -0.25) is 0 Å². The molecule has 0 radical (unpaired) electrons. The maximum atomic E-state index is 6.14. The molecule has 1 saturated heterocycles. The number of halogens is 1. The molecule has 2 aromatic rings. The molecule has 5 heteroatoms. The fourth-order valence-electron chi connectivity index (χ4n) is 2.62. The topological polar surface area (TPSA) is 29.0 Å². The summed E-state index contributed by atoms with van der Waals surface area (Å²) in [5, 5.41) is 3.25. The summed E-state index contributed by atoms with van der Waals surface area (Å²) in [6.45, 7) is 1.05. The van der Waals surface area contributed by atoms with Crippen LogP contribution in [0.2, 0.25) is 0 Å². The molecule has 1 aliphatic rings. The van der Waals surface area contributed by atoms with Crippen molar-refractivity contribution in [3.05, 3.63) is 17.8 Å². The lowest BCUT2D eigenvalue weighted by molar-refractivity contribution is 0.617. The molecule has 18 heavy (non-hydrogen) atoms. The average Bonchev–Trinajstić information content (AvgIpc) is 2.76. The quantitative estimate of drug-likeness (QED) is 0.787. The maximum Gasteiger partial charge on any atom is 0.141 e. The van der Waals surface area contributed by atoms with Crippen molar-refractivity contribution in [1.82, 2.24) is 9.97 Å². The Kier molecular flexibility index (Phi) is 3.66. The van der Waals surface area contributed by atoms with Crippen molar-refractivity contribution in [2.75, 3.05) is 17.3 Å². The molecule has 0 amide bonds. The SMILES string of the molecule is ClCC1CCCCCN1c1ncnc2sccc12. The highest BCUT2D eigenvalue weighted by atomic mass is 35.5. The van der Waals surface area contributed by atoms with E-state index in [0.29, 0.717) is 11.9 Å². The van der Waals surface area contributed by atoms with Gasteiger partial charge in [-0.05, 0) is 24.3 Å². The van der Waals surface area contributed by atoms with E-state index in [2.05, 4.69) is 26.3 Å². The first kappa shape index (κ1) is 12.2.